The number of fused-ring (bicyclic) bond motifs is 5. The summed E-state index contributed by atoms with van der Waals surface area (Å²) in [5.41, 5.74) is 0.269. The average Bonchev–Trinajstić information content (AvgIpc) is 3.48. The first kappa shape index (κ1) is 20.8. The van der Waals surface area contributed by atoms with E-state index in [1.165, 1.54) is 25.7 Å². The highest BCUT2D eigenvalue weighted by Crippen LogP contribution is 2.66. The Morgan fingerprint density at radius 2 is 1.83 bits per heavy atom. The summed E-state index contributed by atoms with van der Waals surface area (Å²) in [6, 6.07) is 0.100. The van der Waals surface area contributed by atoms with Crippen molar-refractivity contribution in [2.75, 3.05) is 6.61 Å². The normalized spacial score (nSPS) is 47.6. The van der Waals surface area contributed by atoms with Crippen LogP contribution in [-0.4, -0.2) is 36.7 Å². The molecule has 5 rings (SSSR count). The Morgan fingerprint density at radius 1 is 1.07 bits per heavy atom. The third-order valence-corrected chi connectivity index (χ3v) is 9.70. The number of hydrogen-bond acceptors (Lipinski definition) is 4. The van der Waals surface area contributed by atoms with E-state index >= 15 is 0 Å². The average molecular weight is 418 g/mol. The Morgan fingerprint density at radius 3 is 2.57 bits per heavy atom. The first-order chi connectivity index (χ1) is 14.4. The van der Waals surface area contributed by atoms with Crippen LogP contribution in [0.3, 0.4) is 0 Å². The molecule has 8 atom stereocenters. The lowest BCUT2D eigenvalue weighted by Crippen LogP contribution is -2.64. The summed E-state index contributed by atoms with van der Waals surface area (Å²) in [7, 11) is 0. The monoisotopic (exact) mass is 417 g/mol. The van der Waals surface area contributed by atoms with Crippen molar-refractivity contribution in [3.05, 3.63) is 0 Å². The molecular formula is C25H39NO4. The predicted molar refractivity (Wildman–Crippen MR) is 114 cm³/mol. The van der Waals surface area contributed by atoms with Crippen molar-refractivity contribution in [1.29, 1.82) is 0 Å². The molecule has 5 nitrogen and oxygen atoms in total. The zero-order valence-electron chi connectivity index (χ0n) is 19.0. The summed E-state index contributed by atoms with van der Waals surface area (Å²) in [5.74, 6) is 1.39. The van der Waals surface area contributed by atoms with Gasteiger partial charge in [-0.15, -0.1) is 0 Å². The predicted octanol–water partition coefficient (Wildman–Crippen LogP) is 4.23. The molecule has 5 fully saturated rings. The molecule has 168 valence electrons. The first-order valence-electron chi connectivity index (χ1n) is 12.5. The van der Waals surface area contributed by atoms with Gasteiger partial charge in [0.1, 0.15) is 0 Å². The summed E-state index contributed by atoms with van der Waals surface area (Å²) in [5, 5.41) is 3.27. The molecule has 1 saturated heterocycles. The van der Waals surface area contributed by atoms with E-state index < -0.39 is 0 Å². The molecule has 4 saturated carbocycles. The van der Waals surface area contributed by atoms with Crippen LogP contribution in [0.15, 0.2) is 0 Å². The number of ether oxygens (including phenoxy) is 2. The molecule has 1 heterocycles. The maximum atomic E-state index is 13.3. The van der Waals surface area contributed by atoms with Gasteiger partial charge in [0.15, 0.2) is 0 Å². The van der Waals surface area contributed by atoms with Gasteiger partial charge in [0, 0.05) is 12.5 Å². The lowest BCUT2D eigenvalue weighted by atomic mass is 9.45. The topological polar surface area (TPSA) is 64.6 Å². The molecule has 1 aliphatic heterocycles. The highest BCUT2D eigenvalue weighted by atomic mass is 16.5. The van der Waals surface area contributed by atoms with Crippen molar-refractivity contribution in [2.45, 2.75) is 103 Å². The lowest BCUT2D eigenvalue weighted by molar-refractivity contribution is -0.177. The van der Waals surface area contributed by atoms with Gasteiger partial charge >= 0.3 is 5.97 Å². The van der Waals surface area contributed by atoms with Gasteiger partial charge < -0.3 is 14.8 Å². The van der Waals surface area contributed by atoms with Crippen LogP contribution in [0.5, 0.6) is 0 Å². The Hall–Kier alpha value is -1.10. The molecule has 0 radical (unpaired) electrons. The van der Waals surface area contributed by atoms with Crippen molar-refractivity contribution in [3.8, 4) is 0 Å². The lowest BCUT2D eigenvalue weighted by Gasteiger charge is -2.61. The van der Waals surface area contributed by atoms with Crippen molar-refractivity contribution >= 4 is 11.9 Å². The zero-order chi connectivity index (χ0) is 21.1. The van der Waals surface area contributed by atoms with E-state index in [0.29, 0.717) is 43.0 Å². The smallest absolute Gasteiger partial charge is 0.309 e. The second-order valence-corrected chi connectivity index (χ2v) is 11.4. The molecular weight excluding hydrogens is 378 g/mol. The summed E-state index contributed by atoms with van der Waals surface area (Å²) < 4.78 is 12.2. The number of esters is 1. The van der Waals surface area contributed by atoms with Gasteiger partial charge in [-0.1, -0.05) is 20.8 Å². The Bertz CT molecular complexity index is 705. The number of amides is 1. The van der Waals surface area contributed by atoms with E-state index in [4.69, 9.17) is 9.47 Å². The van der Waals surface area contributed by atoms with E-state index in [9.17, 15) is 9.59 Å². The number of piperidine rings is 1. The third-order valence-electron chi connectivity index (χ3n) is 9.70. The summed E-state index contributed by atoms with van der Waals surface area (Å²) in [6.45, 7) is 7.37. The standard InChI is InChI=1S/C25H39NO4/c1-4-13-29-23(28)16-14-19-24(2,12-10-21(27)26-19)18-9-11-25(3)17(22(16)18)7-8-20(25)30-15-5-6-15/h15-20,22H,4-14H2,1-3H3,(H,26,27)/t16?,17-,18+,19?,20?,22-,24+,25-/m0/s1. The fourth-order valence-corrected chi connectivity index (χ4v) is 7.87. The van der Waals surface area contributed by atoms with E-state index in [1.54, 1.807) is 0 Å². The quantitative estimate of drug-likeness (QED) is 0.680. The summed E-state index contributed by atoms with van der Waals surface area (Å²) in [4.78, 5) is 25.5. The number of rotatable bonds is 5. The Kier molecular flexibility index (Phi) is 5.19. The van der Waals surface area contributed by atoms with Gasteiger partial charge in [0.05, 0.1) is 24.7 Å². The first-order valence-corrected chi connectivity index (χ1v) is 12.5. The van der Waals surface area contributed by atoms with Crippen LogP contribution in [-0.2, 0) is 19.1 Å². The fraction of sp³-hybridized carbons (Fsp3) is 0.920. The number of carbonyl (C=O) groups excluding carboxylic acids is 2. The maximum Gasteiger partial charge on any atom is 0.309 e. The minimum atomic E-state index is -0.0951. The van der Waals surface area contributed by atoms with E-state index in [0.717, 1.165) is 32.1 Å². The van der Waals surface area contributed by atoms with Gasteiger partial charge in [-0.25, -0.2) is 0 Å². The van der Waals surface area contributed by atoms with Crippen molar-refractivity contribution in [3.63, 3.8) is 0 Å². The highest BCUT2D eigenvalue weighted by Gasteiger charge is 2.64. The van der Waals surface area contributed by atoms with E-state index in [-0.39, 0.29) is 34.7 Å². The van der Waals surface area contributed by atoms with E-state index in [2.05, 4.69) is 19.2 Å². The molecule has 3 unspecified atom stereocenters. The van der Waals surface area contributed by atoms with Gasteiger partial charge in [-0.3, -0.25) is 9.59 Å². The van der Waals surface area contributed by atoms with Crippen molar-refractivity contribution in [1.82, 2.24) is 5.32 Å². The van der Waals surface area contributed by atoms with Crippen LogP contribution in [0.4, 0.5) is 0 Å². The molecule has 5 aliphatic rings. The molecule has 4 aliphatic carbocycles. The molecule has 0 aromatic heterocycles. The van der Waals surface area contributed by atoms with Crippen LogP contribution in [0.2, 0.25) is 0 Å². The molecule has 30 heavy (non-hydrogen) atoms. The Balaban J connectivity index is 1.46. The molecule has 1 amide bonds. The molecule has 0 aromatic rings. The largest absolute Gasteiger partial charge is 0.465 e. The summed E-state index contributed by atoms with van der Waals surface area (Å²) >= 11 is 0. The third kappa shape index (κ3) is 3.22. The summed E-state index contributed by atoms with van der Waals surface area (Å²) in [6.07, 6.45) is 11.1. The van der Waals surface area contributed by atoms with E-state index in [1.807, 2.05) is 6.92 Å². The van der Waals surface area contributed by atoms with Crippen LogP contribution < -0.4 is 5.32 Å². The highest BCUT2D eigenvalue weighted by molar-refractivity contribution is 5.78. The zero-order valence-corrected chi connectivity index (χ0v) is 19.0. The Labute approximate surface area is 181 Å². The molecule has 1 N–H and O–H groups in total. The van der Waals surface area contributed by atoms with Crippen LogP contribution in [0.1, 0.15) is 85.0 Å². The molecule has 0 spiro atoms. The maximum absolute atomic E-state index is 13.3. The van der Waals surface area contributed by atoms with Crippen LogP contribution in [0, 0.1) is 34.5 Å². The second kappa shape index (κ2) is 7.50. The molecule has 0 bridgehead atoms. The van der Waals surface area contributed by atoms with Crippen molar-refractivity contribution < 1.29 is 19.1 Å². The molecule has 5 heteroatoms. The number of nitrogens with one attached hydrogen (secondary N) is 1. The number of hydrogen-bond donors (Lipinski definition) is 1. The van der Waals surface area contributed by atoms with Crippen molar-refractivity contribution in [2.24, 2.45) is 34.5 Å². The minimum absolute atomic E-state index is 0.0236. The van der Waals surface area contributed by atoms with Crippen LogP contribution >= 0.6 is 0 Å². The number of carbonyl (C=O) groups is 2. The van der Waals surface area contributed by atoms with Gasteiger partial charge in [0.25, 0.3) is 0 Å². The van der Waals surface area contributed by atoms with Gasteiger partial charge in [0.2, 0.25) is 5.91 Å². The minimum Gasteiger partial charge on any atom is -0.465 e. The fourth-order valence-electron chi connectivity index (χ4n) is 7.87. The van der Waals surface area contributed by atoms with Gasteiger partial charge in [-0.05, 0) is 86.4 Å². The molecule has 0 aromatic carbocycles. The SMILES string of the molecule is CCCOC(=O)C1CC2NC(=O)CC[C@]2(C)[C@@H]2CC[C@]3(C)C(OC4CC4)CC[C@H]3[C@H]12. The van der Waals surface area contributed by atoms with Crippen LogP contribution in [0.25, 0.3) is 0 Å². The second-order valence-electron chi connectivity index (χ2n) is 11.4. The van der Waals surface area contributed by atoms with Gasteiger partial charge in [-0.2, -0.15) is 0 Å².